The SMILES string of the molecule is CC(=O)NC1[C@@H](OC(C)[C@H](N)C(=O)NC(C(=O)N2CCC[C@H]2C(=O)NC(C)C(=O)N[C@@H](C)C(=O)NC(C(=O)N[C@H](C(=O)NC(C(=O)N[C@@H](CC(C)C)C(=O)O)C(C)C)C(C)C)C(C)C)C(C)C)OC(CO)[C@H](O)[C@@H]1O[C@@H]1OC(CO)[C@H](O)C(O)[C@@H]1O. The number of carbonyl (C=O) groups is 10. The number of hydrogen-bond donors (Lipinski definition) is 16. The number of nitrogens with one attached hydrogen (secondary N) is 8. The highest BCUT2D eigenvalue weighted by Crippen LogP contribution is 2.31. The molecule has 9 unspecified atom stereocenters. The van der Waals surface area contributed by atoms with Crippen molar-refractivity contribution < 1.29 is 103 Å². The second kappa shape index (κ2) is 33.6. The molecule has 0 aromatic carbocycles. The molecule has 0 spiro atoms. The van der Waals surface area contributed by atoms with Crippen molar-refractivity contribution in [2.45, 2.75) is 238 Å². The van der Waals surface area contributed by atoms with E-state index in [1.807, 2.05) is 0 Å². The molecule has 3 saturated heterocycles. The topological polar surface area (TPSA) is 475 Å². The lowest BCUT2D eigenvalue weighted by molar-refractivity contribution is -0.347. The van der Waals surface area contributed by atoms with Crippen LogP contribution in [0, 0.1) is 29.6 Å². The highest BCUT2D eigenvalue weighted by Gasteiger charge is 2.53. The third-order valence-corrected chi connectivity index (χ3v) is 15.2. The van der Waals surface area contributed by atoms with Crippen LogP contribution in [0.5, 0.6) is 0 Å². The van der Waals surface area contributed by atoms with Crippen LogP contribution in [0.1, 0.15) is 116 Å². The van der Waals surface area contributed by atoms with Gasteiger partial charge in [0.15, 0.2) is 12.6 Å². The van der Waals surface area contributed by atoms with Gasteiger partial charge < -0.3 is 108 Å². The Bertz CT molecular complexity index is 2330. The summed E-state index contributed by atoms with van der Waals surface area (Å²) in [6.45, 7) is 20.4. The summed E-state index contributed by atoms with van der Waals surface area (Å²) in [7, 11) is 0. The maximum Gasteiger partial charge on any atom is 0.326 e. The van der Waals surface area contributed by atoms with Gasteiger partial charge in [0.1, 0.15) is 103 Å². The van der Waals surface area contributed by atoms with Gasteiger partial charge >= 0.3 is 5.97 Å². The largest absolute Gasteiger partial charge is 0.480 e. The molecule has 3 aliphatic heterocycles. The fraction of sp³-hybridized carbons (Fsp3) is 0.818. The lowest BCUT2D eigenvalue weighted by Gasteiger charge is -2.48. The van der Waals surface area contributed by atoms with Gasteiger partial charge in [-0.2, -0.15) is 0 Å². The molecule has 0 saturated carbocycles. The average Bonchev–Trinajstić information content (AvgIpc) is 1.22. The van der Waals surface area contributed by atoms with E-state index in [1.54, 1.807) is 69.2 Å². The predicted octanol–water partition coefficient (Wildman–Crippen LogP) is -5.33. The lowest BCUT2D eigenvalue weighted by Crippen LogP contribution is -2.68. The monoisotopic (exact) mass is 1230 g/mol. The van der Waals surface area contributed by atoms with Crippen LogP contribution in [-0.2, 0) is 66.9 Å². The Morgan fingerprint density at radius 3 is 1.50 bits per heavy atom. The molecular formula is C55H96N10O21. The molecule has 31 heteroatoms. The van der Waals surface area contributed by atoms with Crippen LogP contribution < -0.4 is 48.3 Å². The molecule has 3 fully saturated rings. The smallest absolute Gasteiger partial charge is 0.326 e. The van der Waals surface area contributed by atoms with E-state index >= 15 is 0 Å². The highest BCUT2D eigenvalue weighted by molar-refractivity contribution is 5.98. The molecule has 3 rings (SSSR count). The number of hydrogen-bond acceptors (Lipinski definition) is 21. The number of amides is 9. The molecule has 3 heterocycles. The predicted molar refractivity (Wildman–Crippen MR) is 303 cm³/mol. The van der Waals surface area contributed by atoms with E-state index in [9.17, 15) is 83.7 Å². The van der Waals surface area contributed by atoms with E-state index in [0.717, 1.165) is 6.92 Å². The number of carboxylic acids is 1. The van der Waals surface area contributed by atoms with Crippen molar-refractivity contribution in [3.63, 3.8) is 0 Å². The maximum atomic E-state index is 14.3. The van der Waals surface area contributed by atoms with Crippen LogP contribution in [0.3, 0.4) is 0 Å². The first kappa shape index (κ1) is 74.5. The van der Waals surface area contributed by atoms with Crippen LogP contribution in [-0.4, -0.2) is 241 Å². The second-order valence-electron chi connectivity index (χ2n) is 24.2. The second-order valence-corrected chi connectivity index (χ2v) is 24.2. The van der Waals surface area contributed by atoms with Gasteiger partial charge in [-0.1, -0.05) is 69.2 Å². The van der Waals surface area contributed by atoms with Crippen LogP contribution in [0.2, 0.25) is 0 Å². The van der Waals surface area contributed by atoms with Gasteiger partial charge in [0.25, 0.3) is 0 Å². The van der Waals surface area contributed by atoms with Gasteiger partial charge in [-0.25, -0.2) is 4.79 Å². The van der Waals surface area contributed by atoms with E-state index in [-0.39, 0.29) is 25.3 Å². The average molecular weight is 1230 g/mol. The molecule has 86 heavy (non-hydrogen) atoms. The van der Waals surface area contributed by atoms with E-state index in [0.29, 0.717) is 6.42 Å². The van der Waals surface area contributed by atoms with Crippen molar-refractivity contribution in [2.24, 2.45) is 35.3 Å². The fourth-order valence-electron chi connectivity index (χ4n) is 9.93. The maximum absolute atomic E-state index is 14.3. The lowest BCUT2D eigenvalue weighted by atomic mass is 9.95. The number of aliphatic carboxylic acids is 1. The normalized spacial score (nSPS) is 27.4. The highest BCUT2D eigenvalue weighted by atomic mass is 16.7. The third-order valence-electron chi connectivity index (χ3n) is 15.2. The first-order chi connectivity index (χ1) is 40.0. The Kier molecular flexibility index (Phi) is 29.1. The van der Waals surface area contributed by atoms with Crippen molar-refractivity contribution in [1.29, 1.82) is 0 Å². The summed E-state index contributed by atoms with van der Waals surface area (Å²) in [6, 6.07) is -12.8. The zero-order chi connectivity index (χ0) is 65.5. The van der Waals surface area contributed by atoms with E-state index in [2.05, 4.69) is 42.5 Å². The van der Waals surface area contributed by atoms with Crippen molar-refractivity contribution in [3.8, 4) is 0 Å². The number of aliphatic hydroxyl groups excluding tert-OH is 6. The van der Waals surface area contributed by atoms with E-state index < -0.39 is 218 Å². The Hall–Kier alpha value is -5.74. The first-order valence-electron chi connectivity index (χ1n) is 29.2. The molecule has 0 aromatic heterocycles. The summed E-state index contributed by atoms with van der Waals surface area (Å²) >= 11 is 0. The summed E-state index contributed by atoms with van der Waals surface area (Å²) < 4.78 is 23.1. The molecule has 0 aromatic rings. The van der Waals surface area contributed by atoms with Crippen LogP contribution >= 0.6 is 0 Å². The van der Waals surface area contributed by atoms with Crippen LogP contribution in [0.25, 0.3) is 0 Å². The van der Waals surface area contributed by atoms with Gasteiger partial charge in [-0.3, -0.25) is 43.2 Å². The first-order valence-corrected chi connectivity index (χ1v) is 29.2. The molecule has 0 aliphatic carbocycles. The Balaban J connectivity index is 1.66. The molecule has 0 bridgehead atoms. The Morgan fingerprint density at radius 2 is 1.02 bits per heavy atom. The Morgan fingerprint density at radius 1 is 0.570 bits per heavy atom. The number of aliphatic hydroxyl groups is 6. The Labute approximate surface area is 501 Å². The van der Waals surface area contributed by atoms with Crippen molar-refractivity contribution in [1.82, 2.24) is 47.4 Å². The summed E-state index contributed by atoms with van der Waals surface area (Å²) in [5.74, 6) is -10.2. The van der Waals surface area contributed by atoms with Crippen LogP contribution in [0.15, 0.2) is 0 Å². The molecule has 17 N–H and O–H groups in total. The van der Waals surface area contributed by atoms with Gasteiger partial charge in [-0.15, -0.1) is 0 Å². The van der Waals surface area contributed by atoms with Gasteiger partial charge in [0.2, 0.25) is 53.2 Å². The van der Waals surface area contributed by atoms with Crippen molar-refractivity contribution in [3.05, 3.63) is 0 Å². The summed E-state index contributed by atoms with van der Waals surface area (Å²) in [5.41, 5.74) is 6.39. The van der Waals surface area contributed by atoms with Crippen LogP contribution in [0.4, 0.5) is 0 Å². The molecular weight excluding hydrogens is 1140 g/mol. The third kappa shape index (κ3) is 20.2. The minimum atomic E-state index is -1.93. The molecule has 3 aliphatic rings. The molecule has 492 valence electrons. The summed E-state index contributed by atoms with van der Waals surface area (Å²) in [6.07, 6.45) is -15.9. The number of nitrogens with two attached hydrogens (primary N) is 1. The number of carboxylic acid groups (broad SMARTS) is 1. The minimum absolute atomic E-state index is 0.0557. The number of rotatable bonds is 30. The number of carbonyl (C=O) groups excluding carboxylic acids is 9. The standard InChI is InChI=1S/C55H96N10O21/c1-21(2)18-30(53(81)82)60-49(77)35(22(3)4)62-51(79)37(24(7)8)63-50(78)36(23(5)6)61-46(74)27(12)57-45(73)26(11)58-47(75)31-16-15-17-65(31)52(80)38(25(9)10)64-48(76)34(56)28(13)83-54-39(59-29(14)68)44(41(70)33(20-67)84-54)86-55-43(72)42(71)40(69)32(19-66)85-55/h21-28,30-44,54-55,66-67,69-72H,15-20,56H2,1-14H3,(H,57,73)(H,58,75)(H,59,68)(H,60,77)(H,61,74)(H,62,79)(H,63,78)(H,64,76)(H,81,82)/t26?,27-,28?,30-,31-,32?,33?,34-,35?,36?,37-,38?,39?,40-,41-,42?,43-,44+,54-,55-/m0/s1. The summed E-state index contributed by atoms with van der Waals surface area (Å²) in [4.78, 5) is 135. The molecule has 20 atom stereocenters. The number of nitrogens with zero attached hydrogens (tertiary/aromatic N) is 1. The quantitative estimate of drug-likeness (QED) is 0.0319. The van der Waals surface area contributed by atoms with Gasteiger partial charge in [0.05, 0.1) is 19.3 Å². The number of ether oxygens (including phenoxy) is 4. The zero-order valence-electron chi connectivity index (χ0n) is 51.5. The molecule has 0 radical (unpaired) electrons. The van der Waals surface area contributed by atoms with Gasteiger partial charge in [0, 0.05) is 13.5 Å². The fourth-order valence-corrected chi connectivity index (χ4v) is 9.93. The molecule has 9 amide bonds. The zero-order valence-corrected chi connectivity index (χ0v) is 51.5. The number of likely N-dealkylation sites (tertiary alicyclic amines) is 1. The van der Waals surface area contributed by atoms with Crippen molar-refractivity contribution in [2.75, 3.05) is 19.8 Å². The minimum Gasteiger partial charge on any atom is -0.480 e. The summed E-state index contributed by atoms with van der Waals surface area (Å²) in [5, 5.41) is 92.7. The van der Waals surface area contributed by atoms with E-state index in [1.165, 1.54) is 25.7 Å². The van der Waals surface area contributed by atoms with Crippen molar-refractivity contribution >= 4 is 59.1 Å². The van der Waals surface area contributed by atoms with Gasteiger partial charge in [-0.05, 0) is 69.6 Å². The molecule has 31 nitrogen and oxygen atoms in total. The van der Waals surface area contributed by atoms with E-state index in [4.69, 9.17) is 24.7 Å².